The summed E-state index contributed by atoms with van der Waals surface area (Å²) in [5.74, 6) is 0.765. The Morgan fingerprint density at radius 3 is 2.64 bits per heavy atom. The molecule has 1 saturated heterocycles. The van der Waals surface area contributed by atoms with Gasteiger partial charge in [0.15, 0.2) is 5.76 Å². The topological polar surface area (TPSA) is 80.6 Å². The fourth-order valence-corrected chi connectivity index (χ4v) is 3.31. The van der Waals surface area contributed by atoms with Crippen molar-refractivity contribution in [1.82, 2.24) is 10.6 Å². The number of carbonyl (C=O) groups excluding carboxylic acids is 2. The molecular formula is C21H17ClN2O4. The number of hydrogen-bond acceptors (Lipinski definition) is 5. The number of nitrogens with one attached hydrogen (secondary N) is 2. The minimum absolute atomic E-state index is 0.0982. The zero-order valence-corrected chi connectivity index (χ0v) is 15.7. The molecule has 6 nitrogen and oxygen atoms in total. The van der Waals surface area contributed by atoms with Crippen LogP contribution in [-0.4, -0.2) is 31.5 Å². The van der Waals surface area contributed by atoms with E-state index >= 15 is 0 Å². The number of rotatable bonds is 5. The second-order valence-corrected chi connectivity index (χ2v) is 6.78. The standard InChI is InChI=1S/C21H17ClN2O4/c1-27-15-7-3-5-13(9-15)20-16(12-4-2-6-14(22)8-12)10-17(28-20)19(26)21-23-11-18(25)24-21/h2-10,21,23H,11H2,1H3,(H,24,25). The monoisotopic (exact) mass is 396 g/mol. The Labute approximate surface area is 166 Å². The lowest BCUT2D eigenvalue weighted by Gasteiger charge is -2.07. The molecule has 28 heavy (non-hydrogen) atoms. The van der Waals surface area contributed by atoms with Crippen LogP contribution >= 0.6 is 11.6 Å². The predicted molar refractivity (Wildman–Crippen MR) is 105 cm³/mol. The fourth-order valence-electron chi connectivity index (χ4n) is 3.12. The first-order valence-corrected chi connectivity index (χ1v) is 9.04. The van der Waals surface area contributed by atoms with Crippen molar-refractivity contribution < 1.29 is 18.7 Å². The second-order valence-electron chi connectivity index (χ2n) is 6.34. The number of methoxy groups -OCH3 is 1. The maximum absolute atomic E-state index is 12.8. The molecule has 0 bridgehead atoms. The number of hydrogen-bond donors (Lipinski definition) is 2. The first-order valence-electron chi connectivity index (χ1n) is 8.66. The summed E-state index contributed by atoms with van der Waals surface area (Å²) in [6.45, 7) is 0.0982. The van der Waals surface area contributed by atoms with Crippen LogP contribution in [-0.2, 0) is 4.79 Å². The van der Waals surface area contributed by atoms with Gasteiger partial charge in [-0.05, 0) is 35.9 Å². The third-order valence-corrected chi connectivity index (χ3v) is 4.71. The molecule has 1 fully saturated rings. The van der Waals surface area contributed by atoms with E-state index in [4.69, 9.17) is 20.8 Å². The van der Waals surface area contributed by atoms with E-state index in [1.54, 1.807) is 25.3 Å². The van der Waals surface area contributed by atoms with Gasteiger partial charge in [0.25, 0.3) is 0 Å². The highest BCUT2D eigenvalue weighted by molar-refractivity contribution is 6.30. The average molecular weight is 397 g/mol. The van der Waals surface area contributed by atoms with Crippen molar-refractivity contribution >= 4 is 23.3 Å². The highest BCUT2D eigenvalue weighted by Gasteiger charge is 2.30. The lowest BCUT2D eigenvalue weighted by atomic mass is 10.0. The highest BCUT2D eigenvalue weighted by atomic mass is 35.5. The maximum atomic E-state index is 12.8. The van der Waals surface area contributed by atoms with Crippen molar-refractivity contribution in [2.24, 2.45) is 0 Å². The molecule has 1 atom stereocenters. The van der Waals surface area contributed by atoms with E-state index in [0.717, 1.165) is 16.7 Å². The van der Waals surface area contributed by atoms with Crippen molar-refractivity contribution in [3.63, 3.8) is 0 Å². The molecule has 0 saturated carbocycles. The molecule has 1 aliphatic heterocycles. The van der Waals surface area contributed by atoms with E-state index in [1.165, 1.54) is 0 Å². The number of ketones is 1. The lowest BCUT2D eigenvalue weighted by molar-refractivity contribution is -0.118. The zero-order valence-electron chi connectivity index (χ0n) is 15.0. The maximum Gasteiger partial charge on any atom is 0.235 e. The van der Waals surface area contributed by atoms with E-state index < -0.39 is 6.17 Å². The molecule has 1 aromatic heterocycles. The third-order valence-electron chi connectivity index (χ3n) is 4.48. The quantitative estimate of drug-likeness (QED) is 0.645. The number of Topliss-reactive ketones (excluding diaryl/α,β-unsaturated/α-hetero) is 1. The van der Waals surface area contributed by atoms with Crippen molar-refractivity contribution in [3.05, 3.63) is 65.4 Å². The molecule has 3 aromatic rings. The summed E-state index contributed by atoms with van der Waals surface area (Å²) >= 11 is 6.15. The number of benzene rings is 2. The number of halogens is 1. The van der Waals surface area contributed by atoms with Gasteiger partial charge in [0, 0.05) is 16.1 Å². The second kappa shape index (κ2) is 7.50. The summed E-state index contributed by atoms with van der Waals surface area (Å²) in [4.78, 5) is 24.2. The molecule has 4 rings (SSSR count). The largest absolute Gasteiger partial charge is 0.497 e. The Bertz CT molecular complexity index is 1060. The van der Waals surface area contributed by atoms with Gasteiger partial charge in [0.05, 0.1) is 13.7 Å². The highest BCUT2D eigenvalue weighted by Crippen LogP contribution is 2.37. The van der Waals surface area contributed by atoms with Crippen LogP contribution in [0.25, 0.3) is 22.5 Å². The van der Waals surface area contributed by atoms with Gasteiger partial charge in [-0.3, -0.25) is 14.9 Å². The van der Waals surface area contributed by atoms with E-state index in [1.807, 2.05) is 36.4 Å². The van der Waals surface area contributed by atoms with Crippen LogP contribution in [0.3, 0.4) is 0 Å². The van der Waals surface area contributed by atoms with Gasteiger partial charge < -0.3 is 14.5 Å². The molecule has 7 heteroatoms. The summed E-state index contributed by atoms with van der Waals surface area (Å²) in [6, 6.07) is 16.4. The van der Waals surface area contributed by atoms with Crippen LogP contribution in [0, 0.1) is 0 Å². The van der Waals surface area contributed by atoms with Gasteiger partial charge in [-0.15, -0.1) is 0 Å². The van der Waals surface area contributed by atoms with Crippen molar-refractivity contribution in [1.29, 1.82) is 0 Å². The molecule has 0 radical (unpaired) electrons. The minimum Gasteiger partial charge on any atom is -0.497 e. The first kappa shape index (κ1) is 18.3. The van der Waals surface area contributed by atoms with Gasteiger partial charge in [0.2, 0.25) is 11.7 Å². The normalized spacial score (nSPS) is 16.1. The van der Waals surface area contributed by atoms with E-state index in [0.29, 0.717) is 16.5 Å². The Kier molecular flexibility index (Phi) is 4.90. The van der Waals surface area contributed by atoms with Gasteiger partial charge >= 0.3 is 0 Å². The molecule has 1 unspecified atom stereocenters. The Hall–Kier alpha value is -3.09. The van der Waals surface area contributed by atoms with Gasteiger partial charge in [-0.25, -0.2) is 0 Å². The molecular weight excluding hydrogens is 380 g/mol. The van der Waals surface area contributed by atoms with Gasteiger partial charge in [-0.1, -0.05) is 35.9 Å². The van der Waals surface area contributed by atoms with Crippen LogP contribution in [0.15, 0.2) is 59.0 Å². The summed E-state index contributed by atoms with van der Waals surface area (Å²) in [5, 5.41) is 5.99. The Balaban J connectivity index is 1.82. The first-order chi connectivity index (χ1) is 13.5. The number of carbonyl (C=O) groups is 2. The summed E-state index contributed by atoms with van der Waals surface area (Å²) in [6.07, 6.45) is -0.802. The van der Waals surface area contributed by atoms with Crippen LogP contribution in [0.2, 0.25) is 5.02 Å². The van der Waals surface area contributed by atoms with Crippen molar-refractivity contribution in [2.45, 2.75) is 6.17 Å². The van der Waals surface area contributed by atoms with E-state index in [2.05, 4.69) is 10.6 Å². The lowest BCUT2D eigenvalue weighted by Crippen LogP contribution is -2.39. The van der Waals surface area contributed by atoms with Crippen LogP contribution in [0.4, 0.5) is 0 Å². The molecule has 2 aromatic carbocycles. The van der Waals surface area contributed by atoms with Crippen LogP contribution in [0.5, 0.6) is 5.75 Å². The van der Waals surface area contributed by atoms with Gasteiger partial charge in [-0.2, -0.15) is 0 Å². The molecule has 0 aliphatic carbocycles. The fraction of sp³-hybridized carbons (Fsp3) is 0.143. The van der Waals surface area contributed by atoms with Crippen molar-refractivity contribution in [3.8, 4) is 28.2 Å². The number of furan rings is 1. The minimum atomic E-state index is -0.802. The number of amides is 1. The van der Waals surface area contributed by atoms with E-state index in [-0.39, 0.29) is 24.0 Å². The van der Waals surface area contributed by atoms with Crippen molar-refractivity contribution in [2.75, 3.05) is 13.7 Å². The molecule has 0 spiro atoms. The smallest absolute Gasteiger partial charge is 0.235 e. The Morgan fingerprint density at radius 1 is 1.14 bits per heavy atom. The van der Waals surface area contributed by atoms with Crippen LogP contribution < -0.4 is 15.4 Å². The SMILES string of the molecule is COc1cccc(-c2oc(C(=O)C3NCC(=O)N3)cc2-c2cccc(Cl)c2)c1. The third kappa shape index (κ3) is 3.52. The Morgan fingerprint density at radius 2 is 1.93 bits per heavy atom. The van der Waals surface area contributed by atoms with Gasteiger partial charge in [0.1, 0.15) is 17.7 Å². The molecule has 1 aliphatic rings. The van der Waals surface area contributed by atoms with E-state index in [9.17, 15) is 9.59 Å². The summed E-state index contributed by atoms with van der Waals surface area (Å²) in [7, 11) is 1.59. The molecule has 2 N–H and O–H groups in total. The zero-order chi connectivity index (χ0) is 19.7. The predicted octanol–water partition coefficient (Wildman–Crippen LogP) is 3.50. The summed E-state index contributed by atoms with van der Waals surface area (Å²) < 4.78 is 11.3. The average Bonchev–Trinajstić information content (AvgIpc) is 3.34. The molecule has 1 amide bonds. The molecule has 142 valence electrons. The number of ether oxygens (including phenoxy) is 1. The summed E-state index contributed by atoms with van der Waals surface area (Å²) in [5.41, 5.74) is 2.30. The molecule has 2 heterocycles. The van der Waals surface area contributed by atoms with Crippen LogP contribution in [0.1, 0.15) is 10.6 Å².